The Kier molecular flexibility index (Phi) is 39.8. The van der Waals surface area contributed by atoms with Crippen LogP contribution in [0.1, 0.15) is 251 Å². The molecule has 9 nitrogen and oxygen atoms in total. The lowest BCUT2D eigenvalue weighted by molar-refractivity contribution is -0.302. The van der Waals surface area contributed by atoms with E-state index in [1.807, 2.05) is 6.08 Å². The van der Waals surface area contributed by atoms with Gasteiger partial charge in [-0.2, -0.15) is 0 Å². The smallest absolute Gasteiger partial charge is 0.220 e. The maximum atomic E-state index is 12.7. The minimum atomic E-state index is -1.56. The zero-order valence-corrected chi connectivity index (χ0v) is 39.2. The molecule has 1 fully saturated rings. The first-order valence-corrected chi connectivity index (χ1v) is 25.9. The Balaban J connectivity index is 2.00. The highest BCUT2D eigenvalue weighted by molar-refractivity contribution is 5.76. The predicted octanol–water partition coefficient (Wildman–Crippen LogP) is 11.7. The van der Waals surface area contributed by atoms with Crippen LogP contribution in [0.15, 0.2) is 12.2 Å². The lowest BCUT2D eigenvalue weighted by atomic mass is 9.99. The number of rotatable bonds is 44. The van der Waals surface area contributed by atoms with Crippen LogP contribution in [0.2, 0.25) is 0 Å². The van der Waals surface area contributed by atoms with E-state index in [0.29, 0.717) is 6.42 Å². The van der Waals surface area contributed by atoms with E-state index in [9.17, 15) is 30.3 Å². The molecule has 1 rings (SSSR count). The Hall–Kier alpha value is -1.07. The third-order valence-corrected chi connectivity index (χ3v) is 12.6. The number of nitrogens with one attached hydrogen (secondary N) is 1. The summed E-state index contributed by atoms with van der Waals surface area (Å²) in [6.07, 6.45) is 43.7. The molecule has 7 unspecified atom stereocenters. The standard InChI is InChI=1S/C51H99NO8/c1-3-5-7-9-10-11-12-13-14-15-16-17-18-19-20-21-22-23-24-25-26-27-28-29-30-31-32-33-34-35-36-37-38-40-45(54)44(52-47(55)41-39-8-6-4-2)43-59-51-50(58)49(57)48(56)46(42-53)60-51/h38,40,44-46,48-51,53-54,56-58H,3-37,39,41-43H2,1-2H3,(H,52,55)/b40-38+. The molecule has 60 heavy (non-hydrogen) atoms. The second-order valence-corrected chi connectivity index (χ2v) is 18.3. The van der Waals surface area contributed by atoms with Gasteiger partial charge < -0.3 is 40.3 Å². The Morgan fingerprint density at radius 1 is 0.550 bits per heavy atom. The monoisotopic (exact) mass is 854 g/mol. The third kappa shape index (κ3) is 31.7. The molecule has 0 bridgehead atoms. The number of carbonyl (C=O) groups is 1. The summed E-state index contributed by atoms with van der Waals surface area (Å²) >= 11 is 0. The fourth-order valence-electron chi connectivity index (χ4n) is 8.45. The lowest BCUT2D eigenvalue weighted by Gasteiger charge is -2.40. The van der Waals surface area contributed by atoms with Crippen LogP contribution >= 0.6 is 0 Å². The Morgan fingerprint density at radius 3 is 1.30 bits per heavy atom. The number of ether oxygens (including phenoxy) is 2. The summed E-state index contributed by atoms with van der Waals surface area (Å²) in [6, 6.07) is -0.796. The van der Waals surface area contributed by atoms with Crippen LogP contribution in [0.5, 0.6) is 0 Å². The maximum Gasteiger partial charge on any atom is 0.220 e. The van der Waals surface area contributed by atoms with Crippen molar-refractivity contribution in [3.8, 4) is 0 Å². The molecule has 0 aromatic carbocycles. The van der Waals surface area contributed by atoms with Gasteiger partial charge in [-0.05, 0) is 19.3 Å². The summed E-state index contributed by atoms with van der Waals surface area (Å²) in [7, 11) is 0. The van der Waals surface area contributed by atoms with Gasteiger partial charge in [0.2, 0.25) is 5.91 Å². The van der Waals surface area contributed by atoms with Gasteiger partial charge in [-0.3, -0.25) is 4.79 Å². The number of amides is 1. The third-order valence-electron chi connectivity index (χ3n) is 12.6. The van der Waals surface area contributed by atoms with Gasteiger partial charge in [-0.25, -0.2) is 0 Å². The van der Waals surface area contributed by atoms with Crippen LogP contribution in [0.25, 0.3) is 0 Å². The van der Waals surface area contributed by atoms with Gasteiger partial charge in [0.05, 0.1) is 25.4 Å². The van der Waals surface area contributed by atoms with E-state index in [4.69, 9.17) is 9.47 Å². The Bertz CT molecular complexity index is 950. The van der Waals surface area contributed by atoms with Gasteiger partial charge in [0, 0.05) is 6.42 Å². The van der Waals surface area contributed by atoms with E-state index in [1.54, 1.807) is 6.08 Å². The number of aliphatic hydroxyl groups excluding tert-OH is 5. The molecule has 0 saturated carbocycles. The zero-order chi connectivity index (χ0) is 43.7. The first-order valence-electron chi connectivity index (χ1n) is 25.9. The van der Waals surface area contributed by atoms with Gasteiger partial charge in [-0.1, -0.05) is 238 Å². The normalized spacial score (nSPS) is 20.6. The number of carbonyl (C=O) groups excluding carboxylic acids is 1. The van der Waals surface area contributed by atoms with E-state index < -0.39 is 49.5 Å². The highest BCUT2D eigenvalue weighted by Gasteiger charge is 2.44. The van der Waals surface area contributed by atoms with Crippen molar-refractivity contribution in [2.75, 3.05) is 13.2 Å². The molecule has 7 atom stereocenters. The molecule has 0 aliphatic carbocycles. The van der Waals surface area contributed by atoms with E-state index in [-0.39, 0.29) is 12.5 Å². The minimum Gasteiger partial charge on any atom is -0.394 e. The summed E-state index contributed by atoms with van der Waals surface area (Å²) < 4.78 is 11.1. The Labute approximate surface area is 369 Å². The molecular weight excluding hydrogens is 755 g/mol. The van der Waals surface area contributed by atoms with Crippen molar-refractivity contribution in [1.29, 1.82) is 0 Å². The molecule has 1 amide bonds. The van der Waals surface area contributed by atoms with E-state index >= 15 is 0 Å². The van der Waals surface area contributed by atoms with Crippen molar-refractivity contribution in [1.82, 2.24) is 5.32 Å². The summed E-state index contributed by atoms with van der Waals surface area (Å²) in [4.78, 5) is 12.7. The highest BCUT2D eigenvalue weighted by atomic mass is 16.7. The molecule has 0 aromatic heterocycles. The number of unbranched alkanes of at least 4 members (excludes halogenated alkanes) is 34. The van der Waals surface area contributed by atoms with Crippen molar-refractivity contribution in [3.63, 3.8) is 0 Å². The van der Waals surface area contributed by atoms with Crippen LogP contribution in [-0.4, -0.2) is 87.5 Å². The van der Waals surface area contributed by atoms with E-state index in [0.717, 1.165) is 44.9 Å². The van der Waals surface area contributed by atoms with Crippen molar-refractivity contribution in [2.24, 2.45) is 0 Å². The fraction of sp³-hybridized carbons (Fsp3) is 0.941. The molecule has 9 heteroatoms. The van der Waals surface area contributed by atoms with Crippen LogP contribution in [0.4, 0.5) is 0 Å². The number of aliphatic hydroxyl groups is 5. The van der Waals surface area contributed by atoms with Gasteiger partial charge in [0.15, 0.2) is 6.29 Å². The molecule has 0 spiro atoms. The van der Waals surface area contributed by atoms with Crippen molar-refractivity contribution >= 4 is 5.91 Å². The summed E-state index contributed by atoms with van der Waals surface area (Å²) in [6.45, 7) is 3.66. The molecule has 6 N–H and O–H groups in total. The van der Waals surface area contributed by atoms with Crippen molar-refractivity contribution in [3.05, 3.63) is 12.2 Å². The fourth-order valence-corrected chi connectivity index (χ4v) is 8.45. The summed E-state index contributed by atoms with van der Waals surface area (Å²) in [5, 5.41) is 53.8. The van der Waals surface area contributed by atoms with Crippen LogP contribution < -0.4 is 5.32 Å². The molecule has 1 heterocycles. The van der Waals surface area contributed by atoms with Crippen LogP contribution in [0.3, 0.4) is 0 Å². The van der Waals surface area contributed by atoms with Gasteiger partial charge >= 0.3 is 0 Å². The largest absolute Gasteiger partial charge is 0.394 e. The second-order valence-electron chi connectivity index (χ2n) is 18.3. The molecule has 0 radical (unpaired) electrons. The lowest BCUT2D eigenvalue weighted by Crippen LogP contribution is -2.60. The average molecular weight is 854 g/mol. The predicted molar refractivity (Wildman–Crippen MR) is 249 cm³/mol. The van der Waals surface area contributed by atoms with Crippen LogP contribution in [0, 0.1) is 0 Å². The molecular formula is C51H99NO8. The van der Waals surface area contributed by atoms with Crippen LogP contribution in [-0.2, 0) is 14.3 Å². The summed E-state index contributed by atoms with van der Waals surface area (Å²) in [5.41, 5.74) is 0. The topological polar surface area (TPSA) is 149 Å². The maximum absolute atomic E-state index is 12.7. The van der Waals surface area contributed by atoms with E-state index in [2.05, 4.69) is 19.2 Å². The SMILES string of the molecule is CCCCCCCCCCCCCCCCCCCCCCCCCCCCCCCCC/C=C/C(O)C(COC1OC(CO)C(O)C(O)C1O)NC(=O)CCCCCC. The van der Waals surface area contributed by atoms with Crippen molar-refractivity contribution in [2.45, 2.75) is 294 Å². The van der Waals surface area contributed by atoms with Gasteiger partial charge in [-0.15, -0.1) is 0 Å². The van der Waals surface area contributed by atoms with Crippen molar-refractivity contribution < 1.29 is 39.8 Å². The van der Waals surface area contributed by atoms with Gasteiger partial charge in [0.25, 0.3) is 0 Å². The average Bonchev–Trinajstić information content (AvgIpc) is 3.25. The van der Waals surface area contributed by atoms with E-state index in [1.165, 1.54) is 186 Å². The number of hydrogen-bond acceptors (Lipinski definition) is 8. The second kappa shape index (κ2) is 41.9. The number of hydrogen-bond donors (Lipinski definition) is 6. The molecule has 1 aliphatic heterocycles. The summed E-state index contributed by atoms with van der Waals surface area (Å²) in [5.74, 6) is -0.192. The van der Waals surface area contributed by atoms with Gasteiger partial charge in [0.1, 0.15) is 24.4 Å². The first-order chi connectivity index (χ1) is 29.3. The minimum absolute atomic E-state index is 0.186. The Morgan fingerprint density at radius 2 is 0.917 bits per heavy atom. The molecule has 0 aromatic rings. The first kappa shape index (κ1) is 56.9. The molecule has 1 saturated heterocycles. The zero-order valence-electron chi connectivity index (χ0n) is 39.2. The molecule has 1 aliphatic rings. The quantitative estimate of drug-likeness (QED) is 0.0262. The highest BCUT2D eigenvalue weighted by Crippen LogP contribution is 2.23. The number of allylic oxidation sites excluding steroid dienone is 1. The molecule has 356 valence electrons.